The molecule has 0 saturated heterocycles. The van der Waals surface area contributed by atoms with Crippen LogP contribution in [0.3, 0.4) is 0 Å². The molecule has 0 amide bonds. The van der Waals surface area contributed by atoms with E-state index >= 15 is 0 Å². The predicted octanol–water partition coefficient (Wildman–Crippen LogP) is 6.43. The monoisotopic (exact) mass is 514 g/mol. The average Bonchev–Trinajstić information content (AvgIpc) is 2.78. The molecule has 2 heterocycles. The Bertz CT molecular complexity index is 1330. The molecule has 0 aliphatic carbocycles. The van der Waals surface area contributed by atoms with Gasteiger partial charge in [-0.15, -0.1) is 12.4 Å². The normalized spacial score (nSPS) is 11.9. The molecule has 0 fully saturated rings. The number of anilines is 2. The van der Waals surface area contributed by atoms with E-state index in [0.29, 0.717) is 11.1 Å². The molecule has 0 atom stereocenters. The van der Waals surface area contributed by atoms with Crippen LogP contribution in [-0.2, 0) is 18.8 Å². The molecule has 0 aliphatic heterocycles. The van der Waals surface area contributed by atoms with E-state index in [1.54, 1.807) is 0 Å². The number of aliphatic hydroxyl groups is 1. The smallest absolute Gasteiger partial charge is 0.396 e. The Labute approximate surface area is 201 Å². The molecule has 0 aliphatic rings. The van der Waals surface area contributed by atoms with E-state index < -0.39 is 23.5 Å². The third kappa shape index (κ3) is 5.80. The van der Waals surface area contributed by atoms with Crippen LogP contribution >= 0.6 is 12.4 Å². The van der Waals surface area contributed by atoms with E-state index in [1.165, 1.54) is 42.6 Å². The van der Waals surface area contributed by atoms with Crippen LogP contribution in [0.25, 0.3) is 22.2 Å². The van der Waals surface area contributed by atoms with Gasteiger partial charge in [-0.25, -0.2) is 9.97 Å². The first-order chi connectivity index (χ1) is 16.1. The number of benzene rings is 2. The molecule has 0 spiro atoms. The number of aromatic nitrogens is 3. The zero-order chi connectivity index (χ0) is 24.5. The minimum absolute atomic E-state index is 0. The standard InChI is InChI=1S/C23H16F6N4O.ClH/c24-22(25,26)14-4-6-15(7-5-14)31-21-16-8-3-13(12-18(16)32-19(33-21)9-11-34)20-17(23(27,28)29)2-1-10-30-20;/h1-8,10,12,34H,9,11H2,(H,31,32,33);1H. The second-order valence-corrected chi connectivity index (χ2v) is 7.29. The summed E-state index contributed by atoms with van der Waals surface area (Å²) in [4.78, 5) is 12.5. The summed E-state index contributed by atoms with van der Waals surface area (Å²) >= 11 is 0. The number of halogens is 7. The zero-order valence-corrected chi connectivity index (χ0v) is 18.5. The molecule has 4 rings (SSSR count). The molecule has 0 saturated carbocycles. The van der Waals surface area contributed by atoms with Gasteiger partial charge in [-0.3, -0.25) is 4.98 Å². The molecule has 0 unspecified atom stereocenters. The minimum Gasteiger partial charge on any atom is -0.396 e. The van der Waals surface area contributed by atoms with Crippen LogP contribution in [0.5, 0.6) is 0 Å². The van der Waals surface area contributed by atoms with Crippen molar-refractivity contribution in [2.24, 2.45) is 0 Å². The van der Waals surface area contributed by atoms with Crippen molar-refractivity contribution >= 4 is 34.8 Å². The Hall–Kier alpha value is -3.44. The molecule has 4 aromatic rings. The summed E-state index contributed by atoms with van der Waals surface area (Å²) < 4.78 is 78.8. The molecular formula is C23H17ClF6N4O. The van der Waals surface area contributed by atoms with Crippen LogP contribution in [0.2, 0.25) is 0 Å². The van der Waals surface area contributed by atoms with Crippen LogP contribution < -0.4 is 5.32 Å². The lowest BCUT2D eigenvalue weighted by Crippen LogP contribution is -2.08. The van der Waals surface area contributed by atoms with Crippen molar-refractivity contribution in [3.8, 4) is 11.3 Å². The number of aliphatic hydroxyl groups excluding tert-OH is 1. The van der Waals surface area contributed by atoms with Gasteiger partial charge in [0.25, 0.3) is 0 Å². The first kappa shape index (κ1) is 26.2. The average molecular weight is 515 g/mol. The van der Waals surface area contributed by atoms with E-state index in [1.807, 2.05) is 0 Å². The summed E-state index contributed by atoms with van der Waals surface area (Å²) in [5, 5.41) is 12.6. The first-order valence-corrected chi connectivity index (χ1v) is 9.94. The van der Waals surface area contributed by atoms with Crippen molar-refractivity contribution in [3.05, 3.63) is 77.7 Å². The topological polar surface area (TPSA) is 70.9 Å². The lowest BCUT2D eigenvalue weighted by molar-refractivity contribution is -0.138. The molecule has 184 valence electrons. The summed E-state index contributed by atoms with van der Waals surface area (Å²) in [6.45, 7) is -0.274. The highest BCUT2D eigenvalue weighted by Crippen LogP contribution is 2.37. The number of hydrogen-bond acceptors (Lipinski definition) is 5. The molecule has 2 aromatic heterocycles. The first-order valence-electron chi connectivity index (χ1n) is 9.94. The number of hydrogen-bond donors (Lipinski definition) is 2. The fourth-order valence-corrected chi connectivity index (χ4v) is 3.38. The molecule has 12 heteroatoms. The van der Waals surface area contributed by atoms with E-state index in [9.17, 15) is 31.4 Å². The van der Waals surface area contributed by atoms with Crippen LogP contribution in [0.4, 0.5) is 37.8 Å². The Morgan fingerprint density at radius 2 is 1.57 bits per heavy atom. The van der Waals surface area contributed by atoms with E-state index in [2.05, 4.69) is 20.3 Å². The van der Waals surface area contributed by atoms with Crippen molar-refractivity contribution in [1.82, 2.24) is 15.0 Å². The zero-order valence-electron chi connectivity index (χ0n) is 17.7. The van der Waals surface area contributed by atoms with Crippen LogP contribution in [0.15, 0.2) is 60.8 Å². The summed E-state index contributed by atoms with van der Waals surface area (Å²) in [5.41, 5.74) is -1.21. The van der Waals surface area contributed by atoms with Gasteiger partial charge in [0.05, 0.1) is 28.9 Å². The maximum Gasteiger partial charge on any atom is 0.418 e. The van der Waals surface area contributed by atoms with Crippen molar-refractivity contribution in [3.63, 3.8) is 0 Å². The Balaban J connectivity index is 0.00000342. The van der Waals surface area contributed by atoms with Gasteiger partial charge in [-0.05, 0) is 48.5 Å². The maximum atomic E-state index is 13.4. The quantitative estimate of drug-likeness (QED) is 0.300. The summed E-state index contributed by atoms with van der Waals surface area (Å²) in [5.74, 6) is 0.440. The second kappa shape index (κ2) is 10.0. The van der Waals surface area contributed by atoms with Crippen molar-refractivity contribution in [1.29, 1.82) is 0 Å². The summed E-state index contributed by atoms with van der Waals surface area (Å²) in [6.07, 6.45) is -7.77. The van der Waals surface area contributed by atoms with Gasteiger partial charge in [0.15, 0.2) is 0 Å². The Morgan fingerprint density at radius 3 is 2.20 bits per heavy atom. The number of nitrogens with zero attached hydrogens (tertiary/aromatic N) is 3. The SMILES string of the molecule is Cl.OCCc1nc(Nc2ccc(C(F)(F)F)cc2)c2ccc(-c3ncccc3C(F)(F)F)cc2n1. The van der Waals surface area contributed by atoms with Gasteiger partial charge in [0.2, 0.25) is 0 Å². The highest BCUT2D eigenvalue weighted by molar-refractivity contribution is 5.93. The van der Waals surface area contributed by atoms with E-state index in [0.717, 1.165) is 18.2 Å². The molecular weight excluding hydrogens is 498 g/mol. The Kier molecular flexibility index (Phi) is 7.51. The third-order valence-corrected chi connectivity index (χ3v) is 4.94. The minimum atomic E-state index is -4.61. The van der Waals surface area contributed by atoms with E-state index in [-0.39, 0.29) is 53.9 Å². The fraction of sp³-hybridized carbons (Fsp3) is 0.174. The van der Waals surface area contributed by atoms with E-state index in [4.69, 9.17) is 0 Å². The third-order valence-electron chi connectivity index (χ3n) is 4.94. The highest BCUT2D eigenvalue weighted by Gasteiger charge is 2.34. The number of nitrogens with one attached hydrogen (secondary N) is 1. The van der Waals surface area contributed by atoms with Crippen molar-refractivity contribution in [2.45, 2.75) is 18.8 Å². The highest BCUT2D eigenvalue weighted by atomic mass is 35.5. The predicted molar refractivity (Wildman–Crippen MR) is 121 cm³/mol. The number of alkyl halides is 6. The maximum absolute atomic E-state index is 13.4. The van der Waals surface area contributed by atoms with Crippen LogP contribution in [-0.4, -0.2) is 26.7 Å². The number of rotatable bonds is 5. The lowest BCUT2D eigenvalue weighted by atomic mass is 10.0. The molecule has 2 aromatic carbocycles. The lowest BCUT2D eigenvalue weighted by Gasteiger charge is -2.14. The van der Waals surface area contributed by atoms with Crippen LogP contribution in [0.1, 0.15) is 17.0 Å². The number of pyridine rings is 1. The van der Waals surface area contributed by atoms with Gasteiger partial charge in [-0.1, -0.05) is 6.07 Å². The van der Waals surface area contributed by atoms with Gasteiger partial charge in [-0.2, -0.15) is 26.3 Å². The van der Waals surface area contributed by atoms with Gasteiger partial charge < -0.3 is 10.4 Å². The van der Waals surface area contributed by atoms with Gasteiger partial charge >= 0.3 is 12.4 Å². The van der Waals surface area contributed by atoms with Gasteiger partial charge in [0.1, 0.15) is 11.6 Å². The van der Waals surface area contributed by atoms with Gasteiger partial charge in [0, 0.05) is 29.3 Å². The molecule has 0 radical (unpaired) electrons. The number of fused-ring (bicyclic) bond motifs is 1. The van der Waals surface area contributed by atoms with Crippen molar-refractivity contribution < 1.29 is 31.4 Å². The summed E-state index contributed by atoms with van der Waals surface area (Å²) in [7, 11) is 0. The second-order valence-electron chi connectivity index (χ2n) is 7.29. The molecule has 2 N–H and O–H groups in total. The largest absolute Gasteiger partial charge is 0.418 e. The Morgan fingerprint density at radius 1 is 0.857 bits per heavy atom. The molecule has 35 heavy (non-hydrogen) atoms. The molecule has 5 nitrogen and oxygen atoms in total. The van der Waals surface area contributed by atoms with Crippen LogP contribution in [0, 0.1) is 0 Å². The summed E-state index contributed by atoms with van der Waals surface area (Å²) in [6, 6.07) is 10.8. The van der Waals surface area contributed by atoms with Crippen molar-refractivity contribution in [2.75, 3.05) is 11.9 Å². The molecule has 0 bridgehead atoms. The fourth-order valence-electron chi connectivity index (χ4n) is 3.38.